The molecule has 0 aliphatic heterocycles. The molecule has 2 aromatic carbocycles. The number of phenols is 1. The number of nitrogens with zero attached hydrogens (tertiary/aromatic N) is 1. The second-order valence-corrected chi connectivity index (χ2v) is 7.22. The van der Waals surface area contributed by atoms with E-state index in [1.165, 1.54) is 24.4 Å². The van der Waals surface area contributed by atoms with Crippen molar-refractivity contribution in [3.63, 3.8) is 0 Å². The van der Waals surface area contributed by atoms with E-state index in [4.69, 9.17) is 4.18 Å². The van der Waals surface area contributed by atoms with E-state index in [1.54, 1.807) is 24.3 Å². The molecule has 0 aromatic heterocycles. The molecule has 0 atom stereocenters. The van der Waals surface area contributed by atoms with Gasteiger partial charge >= 0.3 is 10.1 Å². The Morgan fingerprint density at radius 3 is 2.69 bits per heavy atom. The number of hydrogen-bond acceptors (Lipinski definition) is 6. The van der Waals surface area contributed by atoms with Crippen molar-refractivity contribution in [2.24, 2.45) is 5.10 Å². The van der Waals surface area contributed by atoms with E-state index in [2.05, 4.69) is 10.5 Å². The van der Waals surface area contributed by atoms with Crippen molar-refractivity contribution in [3.8, 4) is 11.5 Å². The average molecular weight is 376 g/mol. The summed E-state index contributed by atoms with van der Waals surface area (Å²) in [4.78, 5) is 11.9. The Bertz CT molecular complexity index is 923. The van der Waals surface area contributed by atoms with Crippen LogP contribution in [-0.4, -0.2) is 31.9 Å². The van der Waals surface area contributed by atoms with Gasteiger partial charge in [0.2, 0.25) is 5.91 Å². The third-order valence-electron chi connectivity index (χ3n) is 3.41. The van der Waals surface area contributed by atoms with Gasteiger partial charge in [-0.05, 0) is 53.4 Å². The quantitative estimate of drug-likeness (QED) is 0.437. The summed E-state index contributed by atoms with van der Waals surface area (Å²) < 4.78 is 27.2. The van der Waals surface area contributed by atoms with Gasteiger partial charge in [-0.2, -0.15) is 13.5 Å². The summed E-state index contributed by atoms with van der Waals surface area (Å²) in [6.07, 6.45) is 3.20. The molecule has 0 radical (unpaired) electrons. The van der Waals surface area contributed by atoms with E-state index in [9.17, 15) is 18.3 Å². The minimum absolute atomic E-state index is 0.0908. The molecule has 2 aromatic rings. The summed E-state index contributed by atoms with van der Waals surface area (Å²) in [5.74, 6) is 0.0131. The summed E-state index contributed by atoms with van der Waals surface area (Å²) in [5.41, 5.74) is 4.67. The van der Waals surface area contributed by atoms with Gasteiger partial charge in [0.15, 0.2) is 0 Å². The smallest absolute Gasteiger partial charge is 0.306 e. The molecule has 0 spiro atoms. The molecule has 0 aliphatic carbocycles. The first kappa shape index (κ1) is 19.5. The number of hydrazone groups is 1. The molecule has 0 aliphatic rings. The minimum atomic E-state index is -3.58. The van der Waals surface area contributed by atoms with Crippen LogP contribution in [0, 0.1) is 0 Å². The molecule has 7 nitrogen and oxygen atoms in total. The van der Waals surface area contributed by atoms with Gasteiger partial charge in [-0.25, -0.2) is 5.43 Å². The Kier molecular flexibility index (Phi) is 6.35. The number of aromatic hydroxyl groups is 1. The molecule has 0 saturated carbocycles. The first-order valence-corrected chi connectivity index (χ1v) is 9.70. The zero-order chi connectivity index (χ0) is 19.2. The van der Waals surface area contributed by atoms with Gasteiger partial charge in [0.1, 0.15) is 11.5 Å². The molecular formula is C18H20N2O5S. The zero-order valence-electron chi connectivity index (χ0n) is 14.5. The highest BCUT2D eigenvalue weighted by atomic mass is 32.2. The standard InChI is InChI=1S/C18H20N2O5S/c1-3-14-11-17(25-26(2,23)24)8-7-15(14)12-19-20-18(22)10-13-5-4-6-16(21)9-13/h4-9,11-12,21H,3,10H2,1-2H3,(H,20,22)/b19-12+. The predicted octanol–water partition coefficient (Wildman–Crippen LogP) is 1.99. The van der Waals surface area contributed by atoms with E-state index < -0.39 is 10.1 Å². The van der Waals surface area contributed by atoms with Crippen LogP contribution >= 0.6 is 0 Å². The van der Waals surface area contributed by atoms with E-state index in [0.29, 0.717) is 12.0 Å². The van der Waals surface area contributed by atoms with Crippen LogP contribution in [0.1, 0.15) is 23.6 Å². The minimum Gasteiger partial charge on any atom is -0.508 e. The largest absolute Gasteiger partial charge is 0.508 e. The van der Waals surface area contributed by atoms with Crippen LogP contribution in [0.2, 0.25) is 0 Å². The van der Waals surface area contributed by atoms with Crippen molar-refractivity contribution in [3.05, 3.63) is 59.2 Å². The number of nitrogens with one attached hydrogen (secondary N) is 1. The first-order valence-electron chi connectivity index (χ1n) is 7.89. The van der Waals surface area contributed by atoms with Crippen molar-refractivity contribution in [1.29, 1.82) is 0 Å². The SMILES string of the molecule is CCc1cc(OS(C)(=O)=O)ccc1/C=N/NC(=O)Cc1cccc(O)c1. The van der Waals surface area contributed by atoms with Crippen molar-refractivity contribution in [2.75, 3.05) is 6.26 Å². The lowest BCUT2D eigenvalue weighted by Gasteiger charge is -2.07. The number of benzene rings is 2. The molecule has 2 rings (SSSR count). The first-order chi connectivity index (χ1) is 12.3. The van der Waals surface area contributed by atoms with Crippen LogP contribution in [0.25, 0.3) is 0 Å². The summed E-state index contributed by atoms with van der Waals surface area (Å²) in [7, 11) is -3.58. The predicted molar refractivity (Wildman–Crippen MR) is 98.8 cm³/mol. The number of amides is 1. The Labute approximate surface area is 152 Å². The summed E-state index contributed by atoms with van der Waals surface area (Å²) in [6.45, 7) is 1.91. The van der Waals surface area contributed by atoms with Gasteiger partial charge in [-0.15, -0.1) is 0 Å². The summed E-state index contributed by atoms with van der Waals surface area (Å²) in [5, 5.41) is 13.3. The van der Waals surface area contributed by atoms with Crippen LogP contribution in [-0.2, 0) is 27.8 Å². The average Bonchev–Trinajstić information content (AvgIpc) is 2.54. The summed E-state index contributed by atoms with van der Waals surface area (Å²) >= 11 is 0. The molecular weight excluding hydrogens is 356 g/mol. The van der Waals surface area contributed by atoms with E-state index in [0.717, 1.165) is 17.4 Å². The number of hydrogen-bond donors (Lipinski definition) is 2. The third-order valence-corrected chi connectivity index (χ3v) is 3.91. The van der Waals surface area contributed by atoms with Crippen LogP contribution in [0.5, 0.6) is 11.5 Å². The maximum absolute atomic E-state index is 11.9. The number of carbonyl (C=O) groups is 1. The van der Waals surface area contributed by atoms with E-state index in [-0.39, 0.29) is 23.8 Å². The fourth-order valence-corrected chi connectivity index (χ4v) is 2.76. The highest BCUT2D eigenvalue weighted by Crippen LogP contribution is 2.19. The Balaban J connectivity index is 2.01. The van der Waals surface area contributed by atoms with Crippen molar-refractivity contribution >= 4 is 22.2 Å². The maximum atomic E-state index is 11.9. The molecule has 8 heteroatoms. The van der Waals surface area contributed by atoms with Gasteiger partial charge < -0.3 is 9.29 Å². The number of aryl methyl sites for hydroxylation is 1. The van der Waals surface area contributed by atoms with Gasteiger partial charge in [-0.3, -0.25) is 4.79 Å². The molecule has 0 heterocycles. The lowest BCUT2D eigenvalue weighted by atomic mass is 10.1. The lowest BCUT2D eigenvalue weighted by Crippen LogP contribution is -2.19. The normalized spacial score (nSPS) is 11.5. The van der Waals surface area contributed by atoms with Crippen LogP contribution in [0.4, 0.5) is 0 Å². The van der Waals surface area contributed by atoms with Crippen molar-refractivity contribution in [2.45, 2.75) is 19.8 Å². The Hall–Kier alpha value is -2.87. The highest BCUT2D eigenvalue weighted by molar-refractivity contribution is 7.86. The maximum Gasteiger partial charge on any atom is 0.306 e. The molecule has 0 saturated heterocycles. The van der Waals surface area contributed by atoms with Gasteiger partial charge in [-0.1, -0.05) is 19.1 Å². The van der Waals surface area contributed by atoms with Gasteiger partial charge in [0, 0.05) is 0 Å². The Morgan fingerprint density at radius 2 is 2.04 bits per heavy atom. The highest BCUT2D eigenvalue weighted by Gasteiger charge is 2.07. The van der Waals surface area contributed by atoms with Crippen LogP contribution < -0.4 is 9.61 Å². The third kappa shape index (κ3) is 6.21. The van der Waals surface area contributed by atoms with Gasteiger partial charge in [0.25, 0.3) is 0 Å². The molecule has 1 amide bonds. The monoisotopic (exact) mass is 376 g/mol. The molecule has 26 heavy (non-hydrogen) atoms. The van der Waals surface area contributed by atoms with Gasteiger partial charge in [0.05, 0.1) is 18.9 Å². The molecule has 0 unspecified atom stereocenters. The second kappa shape index (κ2) is 8.48. The number of rotatable bonds is 7. The second-order valence-electron chi connectivity index (χ2n) is 5.64. The van der Waals surface area contributed by atoms with Crippen molar-refractivity contribution < 1.29 is 22.5 Å². The summed E-state index contributed by atoms with van der Waals surface area (Å²) in [6, 6.07) is 11.3. The molecule has 0 bridgehead atoms. The lowest BCUT2D eigenvalue weighted by molar-refractivity contribution is -0.120. The Morgan fingerprint density at radius 1 is 1.27 bits per heavy atom. The molecule has 2 N–H and O–H groups in total. The molecule has 0 fully saturated rings. The fraction of sp³-hybridized carbons (Fsp3) is 0.222. The molecule has 138 valence electrons. The number of phenolic OH excluding ortho intramolecular Hbond substituents is 1. The fourth-order valence-electron chi connectivity index (χ4n) is 2.31. The van der Waals surface area contributed by atoms with Crippen LogP contribution in [0.3, 0.4) is 0 Å². The topological polar surface area (TPSA) is 105 Å². The van der Waals surface area contributed by atoms with E-state index in [1.807, 2.05) is 6.92 Å². The zero-order valence-corrected chi connectivity index (χ0v) is 15.3. The van der Waals surface area contributed by atoms with Crippen molar-refractivity contribution in [1.82, 2.24) is 5.43 Å². The number of carbonyl (C=O) groups excluding carboxylic acids is 1. The van der Waals surface area contributed by atoms with Crippen LogP contribution in [0.15, 0.2) is 47.6 Å². The van der Waals surface area contributed by atoms with E-state index >= 15 is 0 Å².